The van der Waals surface area contributed by atoms with Crippen LogP contribution in [0.15, 0.2) is 54.6 Å². The second-order valence-corrected chi connectivity index (χ2v) is 9.95. The van der Waals surface area contributed by atoms with Gasteiger partial charge in [-0.25, -0.2) is 0 Å². The fraction of sp³-hybridized carbons (Fsp3) is 0.571. The zero-order valence-corrected chi connectivity index (χ0v) is 21.0. The van der Waals surface area contributed by atoms with E-state index < -0.39 is 11.7 Å². The van der Waals surface area contributed by atoms with E-state index in [9.17, 15) is 13.2 Å². The average molecular weight is 463 g/mol. The third-order valence-electron chi connectivity index (χ3n) is 6.68. The van der Waals surface area contributed by atoms with Gasteiger partial charge in [-0.3, -0.25) is 4.90 Å². The lowest BCUT2D eigenvalue weighted by molar-refractivity contribution is -0.137. The van der Waals surface area contributed by atoms with E-state index in [0.29, 0.717) is 23.9 Å². The molecule has 5 heteroatoms. The maximum absolute atomic E-state index is 13.1. The molecule has 1 heterocycles. The number of halogens is 3. The molecule has 0 bridgehead atoms. The maximum Gasteiger partial charge on any atom is 0.416 e. The van der Waals surface area contributed by atoms with Crippen LogP contribution >= 0.6 is 0 Å². The van der Waals surface area contributed by atoms with Gasteiger partial charge in [0.25, 0.3) is 0 Å². The zero-order chi connectivity index (χ0) is 24.6. The Morgan fingerprint density at radius 2 is 1.48 bits per heavy atom. The molecular formula is C28H41F3N2. The third kappa shape index (κ3) is 8.37. The first kappa shape index (κ1) is 27.2. The fourth-order valence-electron chi connectivity index (χ4n) is 4.65. The predicted molar refractivity (Wildman–Crippen MR) is 134 cm³/mol. The van der Waals surface area contributed by atoms with E-state index in [4.69, 9.17) is 0 Å². The van der Waals surface area contributed by atoms with Crippen LogP contribution in [0.25, 0.3) is 0 Å². The topological polar surface area (TPSA) is 15.3 Å². The van der Waals surface area contributed by atoms with Crippen LogP contribution in [0, 0.1) is 11.8 Å². The number of anilines is 1. The van der Waals surface area contributed by atoms with E-state index in [1.165, 1.54) is 12.1 Å². The Hall–Kier alpha value is -2.01. The molecule has 0 amide bonds. The third-order valence-corrected chi connectivity index (χ3v) is 6.68. The number of nitrogens with one attached hydrogen (secondary N) is 1. The molecule has 3 unspecified atom stereocenters. The Morgan fingerprint density at radius 3 is 1.97 bits per heavy atom. The minimum absolute atomic E-state index is 0.141. The summed E-state index contributed by atoms with van der Waals surface area (Å²) in [6.07, 6.45) is -2.15. The van der Waals surface area contributed by atoms with Crippen molar-refractivity contribution in [2.45, 2.75) is 78.6 Å². The highest BCUT2D eigenvalue weighted by Gasteiger charge is 2.33. The summed E-state index contributed by atoms with van der Waals surface area (Å²) in [6.45, 7) is 15.2. The second kappa shape index (κ2) is 12.5. The molecular weight excluding hydrogens is 421 g/mol. The number of fused-ring (bicyclic) bond motifs is 1. The molecule has 2 aromatic rings. The average Bonchev–Trinajstić information content (AvgIpc) is 2.77. The summed E-state index contributed by atoms with van der Waals surface area (Å²) in [5.74, 6) is 1.09. The normalized spacial score (nSPS) is 19.0. The van der Waals surface area contributed by atoms with Crippen molar-refractivity contribution in [2.24, 2.45) is 11.8 Å². The first-order valence-electron chi connectivity index (χ1n) is 12.2. The molecule has 1 aliphatic rings. The van der Waals surface area contributed by atoms with Gasteiger partial charge in [0.15, 0.2) is 0 Å². The van der Waals surface area contributed by atoms with Crippen molar-refractivity contribution in [1.82, 2.24) is 4.90 Å². The summed E-state index contributed by atoms with van der Waals surface area (Å²) in [7, 11) is 0. The van der Waals surface area contributed by atoms with Crippen LogP contribution in [0.4, 0.5) is 18.9 Å². The number of nitrogens with zero attached hydrogens (tertiary/aromatic N) is 1. The van der Waals surface area contributed by atoms with Crippen molar-refractivity contribution in [3.05, 3.63) is 65.7 Å². The Morgan fingerprint density at radius 1 is 0.939 bits per heavy atom. The van der Waals surface area contributed by atoms with E-state index in [2.05, 4.69) is 51.8 Å². The summed E-state index contributed by atoms with van der Waals surface area (Å²) >= 11 is 0. The molecule has 0 radical (unpaired) electrons. The quantitative estimate of drug-likeness (QED) is 0.447. The van der Waals surface area contributed by atoms with Gasteiger partial charge in [0, 0.05) is 30.9 Å². The standard InChI is InChI=1S/C22H35F3N2.C6H6/c1-14(2)27(15(3)4)13-16(5)7-8-18-12-26-21-10-9-19(22(23,24)25)11-20(21)17(18)6;1-2-4-6-5-3-1/h9-11,14-18,26H,7-8,12-13H2,1-6H3;1-6H. The van der Waals surface area contributed by atoms with Crippen LogP contribution in [0.2, 0.25) is 0 Å². The fourth-order valence-corrected chi connectivity index (χ4v) is 4.65. The van der Waals surface area contributed by atoms with Gasteiger partial charge in [0.1, 0.15) is 0 Å². The lowest BCUT2D eigenvalue weighted by Gasteiger charge is -2.35. The zero-order valence-electron chi connectivity index (χ0n) is 21.0. The summed E-state index contributed by atoms with van der Waals surface area (Å²) in [5.41, 5.74) is 1.11. The van der Waals surface area contributed by atoms with Gasteiger partial charge < -0.3 is 5.32 Å². The van der Waals surface area contributed by atoms with Crippen molar-refractivity contribution in [1.29, 1.82) is 0 Å². The molecule has 2 aromatic carbocycles. The molecule has 0 saturated heterocycles. The molecule has 0 aromatic heterocycles. The number of benzene rings is 2. The van der Waals surface area contributed by atoms with Crippen molar-refractivity contribution < 1.29 is 13.2 Å². The van der Waals surface area contributed by atoms with Crippen molar-refractivity contribution in [2.75, 3.05) is 18.4 Å². The van der Waals surface area contributed by atoms with Gasteiger partial charge in [-0.05, 0) is 82.1 Å². The molecule has 33 heavy (non-hydrogen) atoms. The van der Waals surface area contributed by atoms with Crippen molar-refractivity contribution >= 4 is 5.69 Å². The lowest BCUT2D eigenvalue weighted by Crippen LogP contribution is -2.40. The number of hydrogen-bond donors (Lipinski definition) is 1. The van der Waals surface area contributed by atoms with E-state index in [1.807, 2.05) is 36.4 Å². The maximum atomic E-state index is 13.1. The first-order valence-corrected chi connectivity index (χ1v) is 12.2. The van der Waals surface area contributed by atoms with Crippen molar-refractivity contribution in [3.8, 4) is 0 Å². The van der Waals surface area contributed by atoms with Crippen LogP contribution in [0.5, 0.6) is 0 Å². The minimum atomic E-state index is -4.28. The van der Waals surface area contributed by atoms with Crippen LogP contribution in [-0.4, -0.2) is 30.1 Å². The van der Waals surface area contributed by atoms with Crippen LogP contribution in [0.3, 0.4) is 0 Å². The van der Waals surface area contributed by atoms with Crippen molar-refractivity contribution in [3.63, 3.8) is 0 Å². The number of hydrogen-bond acceptors (Lipinski definition) is 2. The van der Waals surface area contributed by atoms with Gasteiger partial charge >= 0.3 is 6.18 Å². The Bertz CT molecular complexity index is 783. The van der Waals surface area contributed by atoms with Gasteiger partial charge in [-0.15, -0.1) is 0 Å². The lowest BCUT2D eigenvalue weighted by atomic mass is 9.79. The highest BCUT2D eigenvalue weighted by atomic mass is 19.4. The Balaban J connectivity index is 0.000000554. The van der Waals surface area contributed by atoms with Gasteiger partial charge in [0.2, 0.25) is 0 Å². The van der Waals surface area contributed by atoms with Gasteiger partial charge in [-0.1, -0.05) is 50.2 Å². The molecule has 1 aliphatic heterocycles. The van der Waals surface area contributed by atoms with Crippen LogP contribution < -0.4 is 5.32 Å². The monoisotopic (exact) mass is 462 g/mol. The SMILES string of the molecule is CC(CCC1CNc2ccc(C(F)(F)F)cc2C1C)CN(C(C)C)C(C)C.c1ccccc1. The second-order valence-electron chi connectivity index (χ2n) is 9.95. The molecule has 1 N–H and O–H groups in total. The van der Waals surface area contributed by atoms with E-state index in [0.717, 1.165) is 37.2 Å². The molecule has 0 spiro atoms. The van der Waals surface area contributed by atoms with Gasteiger partial charge in [0.05, 0.1) is 5.56 Å². The molecule has 184 valence electrons. The number of rotatable bonds is 7. The minimum Gasteiger partial charge on any atom is -0.385 e. The summed E-state index contributed by atoms with van der Waals surface area (Å²) in [6, 6.07) is 17.1. The molecule has 0 fully saturated rings. The predicted octanol–water partition coefficient (Wildman–Crippen LogP) is 8.07. The largest absolute Gasteiger partial charge is 0.416 e. The smallest absolute Gasteiger partial charge is 0.385 e. The molecule has 3 atom stereocenters. The summed E-state index contributed by atoms with van der Waals surface area (Å²) < 4.78 is 39.2. The van der Waals surface area contributed by atoms with E-state index in [1.54, 1.807) is 6.07 Å². The number of alkyl halides is 3. The Kier molecular flexibility index (Phi) is 10.3. The van der Waals surface area contributed by atoms with E-state index >= 15 is 0 Å². The molecule has 3 rings (SSSR count). The highest BCUT2D eigenvalue weighted by molar-refractivity contribution is 5.56. The first-order chi connectivity index (χ1) is 15.5. The Labute approximate surface area is 198 Å². The summed E-state index contributed by atoms with van der Waals surface area (Å²) in [5, 5.41) is 3.34. The molecule has 0 aliphatic carbocycles. The molecule has 0 saturated carbocycles. The van der Waals surface area contributed by atoms with Crippen LogP contribution in [0.1, 0.15) is 71.4 Å². The van der Waals surface area contributed by atoms with E-state index in [-0.39, 0.29) is 5.92 Å². The van der Waals surface area contributed by atoms with Gasteiger partial charge in [-0.2, -0.15) is 13.2 Å². The highest BCUT2D eigenvalue weighted by Crippen LogP contribution is 2.41. The molecule has 2 nitrogen and oxygen atoms in total. The summed E-state index contributed by atoms with van der Waals surface area (Å²) in [4.78, 5) is 2.51. The van der Waals surface area contributed by atoms with Crippen LogP contribution in [-0.2, 0) is 6.18 Å².